The van der Waals surface area contributed by atoms with Gasteiger partial charge in [0.2, 0.25) is 15.9 Å². The van der Waals surface area contributed by atoms with Gasteiger partial charge in [0.15, 0.2) is 0 Å². The molecule has 1 aromatic rings. The molecule has 1 saturated heterocycles. The lowest BCUT2D eigenvalue weighted by Gasteiger charge is -2.23. The van der Waals surface area contributed by atoms with Crippen LogP contribution < -0.4 is 5.32 Å². The molecule has 22 heavy (non-hydrogen) atoms. The van der Waals surface area contributed by atoms with E-state index in [9.17, 15) is 13.2 Å². The average molecular weight is 391 g/mol. The van der Waals surface area contributed by atoms with Gasteiger partial charge >= 0.3 is 0 Å². The van der Waals surface area contributed by atoms with E-state index in [4.69, 9.17) is 0 Å². The number of hydrogen-bond acceptors (Lipinski definition) is 4. The Labute approximate surface area is 138 Å². The number of carbonyl (C=O) groups is 1. The van der Waals surface area contributed by atoms with Gasteiger partial charge in [0.1, 0.15) is 10.4 Å². The highest BCUT2D eigenvalue weighted by molar-refractivity contribution is 9.10. The van der Waals surface area contributed by atoms with Crippen molar-refractivity contribution < 1.29 is 13.2 Å². The summed E-state index contributed by atoms with van der Waals surface area (Å²) >= 11 is 3.43. The van der Waals surface area contributed by atoms with Crippen molar-refractivity contribution in [1.29, 1.82) is 0 Å². The minimum absolute atomic E-state index is 0.0735. The van der Waals surface area contributed by atoms with Crippen LogP contribution in [0.5, 0.6) is 0 Å². The number of halogens is 1. The van der Waals surface area contributed by atoms with Gasteiger partial charge in [-0.25, -0.2) is 17.7 Å². The molecule has 1 atom stereocenters. The summed E-state index contributed by atoms with van der Waals surface area (Å²) in [5.74, 6) is 0.671. The van der Waals surface area contributed by atoms with Crippen molar-refractivity contribution in [3.05, 3.63) is 16.6 Å². The van der Waals surface area contributed by atoms with Crippen LogP contribution in [0.25, 0.3) is 0 Å². The Bertz CT molecular complexity index is 673. The fraction of sp³-hybridized carbons (Fsp3) is 0.692. The van der Waals surface area contributed by atoms with Gasteiger partial charge in [0, 0.05) is 26.2 Å². The van der Waals surface area contributed by atoms with Gasteiger partial charge in [-0.3, -0.25) is 4.79 Å². The molecule has 1 N–H and O–H groups in total. The minimum atomic E-state index is -3.10. The number of nitrogens with one attached hydrogen (secondary N) is 1. The fourth-order valence-corrected chi connectivity index (χ4v) is 5.06. The second-order valence-electron chi connectivity index (χ2n) is 5.65. The van der Waals surface area contributed by atoms with Crippen molar-refractivity contribution in [2.45, 2.75) is 31.7 Å². The van der Waals surface area contributed by atoms with E-state index in [0.29, 0.717) is 26.1 Å². The lowest BCUT2D eigenvalue weighted by molar-refractivity contribution is -0.123. The zero-order valence-corrected chi connectivity index (χ0v) is 14.6. The largest absolute Gasteiger partial charge is 0.354 e. The summed E-state index contributed by atoms with van der Waals surface area (Å²) in [5.41, 5.74) is 0. The Hall–Kier alpha value is -0.930. The molecule has 2 aliphatic heterocycles. The van der Waals surface area contributed by atoms with Crippen LogP contribution in [0.4, 0.5) is 0 Å². The molecule has 2 aliphatic rings. The lowest BCUT2D eigenvalue weighted by Crippen LogP contribution is -2.39. The summed E-state index contributed by atoms with van der Waals surface area (Å²) in [7, 11) is -3.10. The first kappa shape index (κ1) is 15.9. The molecule has 0 spiro atoms. The van der Waals surface area contributed by atoms with Crippen LogP contribution in [0.2, 0.25) is 0 Å². The first-order chi connectivity index (χ1) is 10.5. The number of carbonyl (C=O) groups excluding carboxylic acids is 1. The third kappa shape index (κ3) is 3.07. The van der Waals surface area contributed by atoms with Crippen molar-refractivity contribution in [3.63, 3.8) is 0 Å². The summed E-state index contributed by atoms with van der Waals surface area (Å²) in [4.78, 5) is 16.7. The van der Waals surface area contributed by atoms with E-state index in [1.165, 1.54) is 4.31 Å². The van der Waals surface area contributed by atoms with Gasteiger partial charge in [-0.15, -0.1) is 0 Å². The standard InChI is InChI=1S/C13H19BrN4O3S/c14-11-9-16-12-10(3-1-6-18(11)12)13(19)15-4-7-17-5-2-8-22(17,20)21/h9-10H,1-8H2,(H,15,19). The zero-order chi connectivity index (χ0) is 15.7. The Morgan fingerprint density at radius 3 is 2.95 bits per heavy atom. The molecule has 1 unspecified atom stereocenters. The van der Waals surface area contributed by atoms with E-state index in [1.807, 2.05) is 4.57 Å². The third-order valence-electron chi connectivity index (χ3n) is 4.20. The Morgan fingerprint density at radius 2 is 2.23 bits per heavy atom. The van der Waals surface area contributed by atoms with Crippen LogP contribution >= 0.6 is 15.9 Å². The maximum Gasteiger partial charge on any atom is 0.230 e. The quantitative estimate of drug-likeness (QED) is 0.818. The van der Waals surface area contributed by atoms with E-state index in [2.05, 4.69) is 26.2 Å². The van der Waals surface area contributed by atoms with Crippen molar-refractivity contribution in [3.8, 4) is 0 Å². The van der Waals surface area contributed by atoms with Crippen LogP contribution in [0.3, 0.4) is 0 Å². The summed E-state index contributed by atoms with van der Waals surface area (Å²) in [6.45, 7) is 2.11. The second-order valence-corrected chi connectivity index (χ2v) is 8.55. The van der Waals surface area contributed by atoms with Crippen molar-refractivity contribution in [2.24, 2.45) is 0 Å². The van der Waals surface area contributed by atoms with Gasteiger partial charge in [0.05, 0.1) is 17.9 Å². The molecule has 0 aromatic carbocycles. The topological polar surface area (TPSA) is 84.3 Å². The predicted molar refractivity (Wildman–Crippen MR) is 84.9 cm³/mol. The maximum absolute atomic E-state index is 12.4. The summed E-state index contributed by atoms with van der Waals surface area (Å²) in [6.07, 6.45) is 4.10. The molecular formula is C13H19BrN4O3S. The highest BCUT2D eigenvalue weighted by atomic mass is 79.9. The highest BCUT2D eigenvalue weighted by Gasteiger charge is 2.30. The highest BCUT2D eigenvalue weighted by Crippen LogP contribution is 2.29. The number of amides is 1. The Balaban J connectivity index is 1.57. The average Bonchev–Trinajstić information content (AvgIpc) is 3.02. The molecular weight excluding hydrogens is 372 g/mol. The first-order valence-corrected chi connectivity index (χ1v) is 9.86. The van der Waals surface area contributed by atoms with Gasteiger partial charge in [-0.05, 0) is 35.2 Å². The van der Waals surface area contributed by atoms with Crippen LogP contribution in [0, 0.1) is 0 Å². The molecule has 0 aliphatic carbocycles. The molecule has 0 radical (unpaired) electrons. The van der Waals surface area contributed by atoms with Crippen molar-refractivity contribution >= 4 is 31.9 Å². The molecule has 7 nitrogen and oxygen atoms in total. The van der Waals surface area contributed by atoms with E-state index in [1.54, 1.807) is 6.20 Å². The SMILES string of the molecule is O=C(NCCN1CCCS1(=O)=O)C1CCCn2c(Br)cnc21. The molecule has 9 heteroatoms. The molecule has 1 fully saturated rings. The maximum atomic E-state index is 12.4. The number of hydrogen-bond donors (Lipinski definition) is 1. The molecule has 0 saturated carbocycles. The third-order valence-corrected chi connectivity index (χ3v) is 6.79. The predicted octanol–water partition coefficient (Wildman–Crippen LogP) is 0.675. The monoisotopic (exact) mass is 390 g/mol. The minimum Gasteiger partial charge on any atom is -0.354 e. The normalized spacial score (nSPS) is 24.1. The second kappa shape index (κ2) is 6.29. The first-order valence-electron chi connectivity index (χ1n) is 7.45. The summed E-state index contributed by atoms with van der Waals surface area (Å²) in [6, 6.07) is 0. The van der Waals surface area contributed by atoms with E-state index < -0.39 is 10.0 Å². The van der Waals surface area contributed by atoms with Crippen LogP contribution in [-0.2, 0) is 21.4 Å². The Morgan fingerprint density at radius 1 is 1.41 bits per heavy atom. The van der Waals surface area contributed by atoms with Crippen LogP contribution in [0.1, 0.15) is 31.0 Å². The summed E-state index contributed by atoms with van der Waals surface area (Å²) in [5, 5.41) is 2.85. The van der Waals surface area contributed by atoms with Crippen LogP contribution in [-0.4, -0.2) is 53.6 Å². The molecule has 1 amide bonds. The zero-order valence-electron chi connectivity index (χ0n) is 12.2. The molecule has 0 bridgehead atoms. The number of fused-ring (bicyclic) bond motifs is 1. The lowest BCUT2D eigenvalue weighted by atomic mass is 9.98. The molecule has 122 valence electrons. The summed E-state index contributed by atoms with van der Waals surface area (Å²) < 4.78 is 27.8. The van der Waals surface area contributed by atoms with Gasteiger partial charge in [-0.1, -0.05) is 0 Å². The van der Waals surface area contributed by atoms with Crippen LogP contribution in [0.15, 0.2) is 10.8 Å². The molecule has 1 aromatic heterocycles. The van der Waals surface area contributed by atoms with Crippen molar-refractivity contribution in [2.75, 3.05) is 25.4 Å². The van der Waals surface area contributed by atoms with E-state index in [0.717, 1.165) is 29.8 Å². The van der Waals surface area contributed by atoms with Gasteiger partial charge in [0.25, 0.3) is 0 Å². The number of rotatable bonds is 4. The number of sulfonamides is 1. The number of nitrogens with zero attached hydrogens (tertiary/aromatic N) is 3. The smallest absolute Gasteiger partial charge is 0.230 e. The molecule has 3 heterocycles. The van der Waals surface area contributed by atoms with Gasteiger partial charge < -0.3 is 9.88 Å². The number of imidazole rings is 1. The molecule has 3 rings (SSSR count). The number of aromatic nitrogens is 2. The Kier molecular flexibility index (Phi) is 4.56. The fourth-order valence-electron chi connectivity index (χ4n) is 3.07. The van der Waals surface area contributed by atoms with Crippen molar-refractivity contribution in [1.82, 2.24) is 19.2 Å². The van der Waals surface area contributed by atoms with Gasteiger partial charge in [-0.2, -0.15) is 0 Å². The van der Waals surface area contributed by atoms with E-state index in [-0.39, 0.29) is 17.6 Å². The van der Waals surface area contributed by atoms with E-state index >= 15 is 0 Å².